The minimum Gasteiger partial charge on any atom is -0.381 e. The lowest BCUT2D eigenvalue weighted by atomic mass is 10.1. The molecule has 0 radical (unpaired) electrons. The highest BCUT2D eigenvalue weighted by Gasteiger charge is 2.15. The smallest absolute Gasteiger partial charge is 0.191 e. The molecule has 1 aliphatic heterocycles. The van der Waals surface area contributed by atoms with E-state index in [4.69, 9.17) is 9.47 Å². The van der Waals surface area contributed by atoms with Crippen LogP contribution in [0.1, 0.15) is 24.0 Å². The van der Waals surface area contributed by atoms with Crippen LogP contribution in [-0.2, 0) is 22.6 Å². The maximum atomic E-state index is 5.73. The van der Waals surface area contributed by atoms with Crippen molar-refractivity contribution in [2.75, 3.05) is 40.0 Å². The summed E-state index contributed by atoms with van der Waals surface area (Å²) in [5.41, 5.74) is 2.45. The zero-order valence-corrected chi connectivity index (χ0v) is 16.6. The summed E-state index contributed by atoms with van der Waals surface area (Å²) < 4.78 is 13.0. The maximum absolute atomic E-state index is 5.73. The van der Waals surface area contributed by atoms with Crippen LogP contribution in [0.15, 0.2) is 47.7 Å². The highest BCUT2D eigenvalue weighted by molar-refractivity contribution is 5.79. The summed E-state index contributed by atoms with van der Waals surface area (Å²) in [7, 11) is 1.79. The SMILES string of the molecule is CN=C(NCCCOCC1CCOC1)NCc1cccc(Cn2cccn2)c1. The molecule has 0 aliphatic carbocycles. The molecule has 1 unspecified atom stereocenters. The second-order valence-electron chi connectivity index (χ2n) is 7.03. The van der Waals surface area contributed by atoms with Gasteiger partial charge in [-0.25, -0.2) is 0 Å². The van der Waals surface area contributed by atoms with Crippen molar-refractivity contribution in [3.63, 3.8) is 0 Å². The highest BCUT2D eigenvalue weighted by atomic mass is 16.5. The summed E-state index contributed by atoms with van der Waals surface area (Å²) in [6.45, 7) is 5.63. The van der Waals surface area contributed by atoms with Crippen LogP contribution in [0.5, 0.6) is 0 Å². The predicted octanol–water partition coefficient (Wildman–Crippen LogP) is 2.04. The molecule has 3 rings (SSSR count). The van der Waals surface area contributed by atoms with Gasteiger partial charge in [-0.15, -0.1) is 0 Å². The molecule has 2 heterocycles. The Balaban J connectivity index is 1.32. The lowest BCUT2D eigenvalue weighted by Crippen LogP contribution is -2.37. The van der Waals surface area contributed by atoms with E-state index in [1.54, 1.807) is 13.2 Å². The van der Waals surface area contributed by atoms with Gasteiger partial charge in [-0.2, -0.15) is 5.10 Å². The van der Waals surface area contributed by atoms with Crippen LogP contribution in [0.4, 0.5) is 0 Å². The van der Waals surface area contributed by atoms with Gasteiger partial charge in [-0.3, -0.25) is 9.67 Å². The van der Waals surface area contributed by atoms with Crippen molar-refractivity contribution >= 4 is 5.96 Å². The minimum atomic E-state index is 0.575. The summed E-state index contributed by atoms with van der Waals surface area (Å²) in [6, 6.07) is 10.5. The number of aliphatic imine (C=N–C) groups is 1. The number of hydrogen-bond donors (Lipinski definition) is 2. The van der Waals surface area contributed by atoms with Crippen LogP contribution in [0.3, 0.4) is 0 Å². The fraction of sp³-hybridized carbons (Fsp3) is 0.524. The monoisotopic (exact) mass is 385 g/mol. The molecule has 1 atom stereocenters. The van der Waals surface area contributed by atoms with Gasteiger partial charge in [0.2, 0.25) is 0 Å². The third kappa shape index (κ3) is 6.98. The number of aromatic nitrogens is 2. The van der Waals surface area contributed by atoms with Gasteiger partial charge < -0.3 is 20.1 Å². The van der Waals surface area contributed by atoms with E-state index >= 15 is 0 Å². The lowest BCUT2D eigenvalue weighted by molar-refractivity contribution is 0.0888. The van der Waals surface area contributed by atoms with Crippen molar-refractivity contribution in [3.8, 4) is 0 Å². The first-order valence-electron chi connectivity index (χ1n) is 9.99. The quantitative estimate of drug-likeness (QED) is 0.372. The highest BCUT2D eigenvalue weighted by Crippen LogP contribution is 2.12. The number of nitrogens with one attached hydrogen (secondary N) is 2. The Labute approximate surface area is 167 Å². The molecular weight excluding hydrogens is 354 g/mol. The molecule has 1 aliphatic rings. The number of benzene rings is 1. The molecule has 2 N–H and O–H groups in total. The summed E-state index contributed by atoms with van der Waals surface area (Å²) >= 11 is 0. The van der Waals surface area contributed by atoms with E-state index in [2.05, 4.69) is 45.0 Å². The zero-order chi connectivity index (χ0) is 19.4. The molecule has 1 aromatic carbocycles. The maximum Gasteiger partial charge on any atom is 0.191 e. The van der Waals surface area contributed by atoms with Crippen molar-refractivity contribution in [2.24, 2.45) is 10.9 Å². The first kappa shape index (κ1) is 20.4. The van der Waals surface area contributed by atoms with Crippen molar-refractivity contribution in [1.29, 1.82) is 0 Å². The second kappa shape index (κ2) is 11.5. The van der Waals surface area contributed by atoms with E-state index in [9.17, 15) is 0 Å². The Morgan fingerprint density at radius 1 is 1.32 bits per heavy atom. The van der Waals surface area contributed by atoms with Gasteiger partial charge in [0.25, 0.3) is 0 Å². The van der Waals surface area contributed by atoms with Crippen LogP contribution < -0.4 is 10.6 Å². The molecule has 0 spiro atoms. The van der Waals surface area contributed by atoms with Gasteiger partial charge in [0, 0.05) is 51.7 Å². The van der Waals surface area contributed by atoms with Crippen molar-refractivity contribution in [1.82, 2.24) is 20.4 Å². The molecule has 7 nitrogen and oxygen atoms in total. The molecule has 0 saturated carbocycles. The van der Waals surface area contributed by atoms with Crippen LogP contribution in [0.25, 0.3) is 0 Å². The average molecular weight is 386 g/mol. The normalized spacial score (nSPS) is 17.0. The molecule has 1 aromatic heterocycles. The standard InChI is InChI=1S/C21H31N5O2/c1-22-21(23-8-4-11-27-16-20-7-12-28-17-20)24-14-18-5-2-6-19(13-18)15-26-10-3-9-25-26/h2-3,5-6,9-10,13,20H,4,7-8,11-12,14-17H2,1H3,(H2,22,23,24). The molecule has 1 fully saturated rings. The number of hydrogen-bond acceptors (Lipinski definition) is 4. The van der Waals surface area contributed by atoms with E-state index in [1.165, 1.54) is 11.1 Å². The molecular formula is C21H31N5O2. The Bertz CT molecular complexity index is 711. The minimum absolute atomic E-state index is 0.575. The number of ether oxygens (including phenoxy) is 2. The Morgan fingerprint density at radius 3 is 3.04 bits per heavy atom. The Kier molecular flexibility index (Phi) is 8.33. The van der Waals surface area contributed by atoms with Gasteiger partial charge in [0.15, 0.2) is 5.96 Å². The van der Waals surface area contributed by atoms with Crippen LogP contribution >= 0.6 is 0 Å². The fourth-order valence-electron chi connectivity index (χ4n) is 3.17. The molecule has 28 heavy (non-hydrogen) atoms. The van der Waals surface area contributed by atoms with Gasteiger partial charge in [0.05, 0.1) is 19.8 Å². The Hall–Kier alpha value is -2.38. The lowest BCUT2D eigenvalue weighted by Gasteiger charge is -2.13. The second-order valence-corrected chi connectivity index (χ2v) is 7.03. The van der Waals surface area contributed by atoms with Crippen LogP contribution in [0.2, 0.25) is 0 Å². The fourth-order valence-corrected chi connectivity index (χ4v) is 3.17. The van der Waals surface area contributed by atoms with E-state index < -0.39 is 0 Å². The largest absolute Gasteiger partial charge is 0.381 e. The molecule has 0 bridgehead atoms. The third-order valence-electron chi connectivity index (χ3n) is 4.71. The van der Waals surface area contributed by atoms with Crippen molar-refractivity contribution < 1.29 is 9.47 Å². The first-order chi connectivity index (χ1) is 13.8. The summed E-state index contributed by atoms with van der Waals surface area (Å²) in [4.78, 5) is 4.29. The van der Waals surface area contributed by atoms with Gasteiger partial charge in [-0.1, -0.05) is 24.3 Å². The van der Waals surface area contributed by atoms with Crippen LogP contribution in [-0.4, -0.2) is 55.8 Å². The molecule has 152 valence electrons. The van der Waals surface area contributed by atoms with E-state index in [1.807, 2.05) is 16.9 Å². The topological polar surface area (TPSA) is 72.7 Å². The van der Waals surface area contributed by atoms with Crippen LogP contribution in [0, 0.1) is 5.92 Å². The van der Waals surface area contributed by atoms with Gasteiger partial charge in [0.1, 0.15) is 0 Å². The van der Waals surface area contributed by atoms with Crippen molar-refractivity contribution in [3.05, 3.63) is 53.9 Å². The molecule has 0 amide bonds. The number of guanidine groups is 1. The zero-order valence-electron chi connectivity index (χ0n) is 16.6. The number of rotatable bonds is 10. The average Bonchev–Trinajstić information content (AvgIpc) is 3.41. The molecule has 7 heteroatoms. The molecule has 2 aromatic rings. The summed E-state index contributed by atoms with van der Waals surface area (Å²) in [5.74, 6) is 1.38. The molecule has 1 saturated heterocycles. The Morgan fingerprint density at radius 2 is 2.25 bits per heavy atom. The summed E-state index contributed by atoms with van der Waals surface area (Å²) in [5, 5.41) is 11.0. The third-order valence-corrected chi connectivity index (χ3v) is 4.71. The van der Waals surface area contributed by atoms with E-state index in [-0.39, 0.29) is 0 Å². The van der Waals surface area contributed by atoms with Gasteiger partial charge >= 0.3 is 0 Å². The predicted molar refractivity (Wildman–Crippen MR) is 110 cm³/mol. The van der Waals surface area contributed by atoms with Gasteiger partial charge in [-0.05, 0) is 30.0 Å². The van der Waals surface area contributed by atoms with Crippen molar-refractivity contribution in [2.45, 2.75) is 25.9 Å². The first-order valence-corrected chi connectivity index (χ1v) is 9.99. The summed E-state index contributed by atoms with van der Waals surface area (Å²) in [6.07, 6.45) is 5.85. The van der Waals surface area contributed by atoms with E-state index in [0.717, 1.165) is 64.9 Å². The van der Waals surface area contributed by atoms with E-state index in [0.29, 0.717) is 5.92 Å². The number of nitrogens with zero attached hydrogens (tertiary/aromatic N) is 3.